The first kappa shape index (κ1) is 18.8. The van der Waals surface area contributed by atoms with Crippen molar-refractivity contribution in [3.63, 3.8) is 0 Å². The van der Waals surface area contributed by atoms with Crippen LogP contribution in [0, 0.1) is 34.5 Å². The number of carbonyl (C=O) groups is 3. The van der Waals surface area contributed by atoms with Gasteiger partial charge in [0.15, 0.2) is 11.6 Å². The number of ketones is 3. The second-order valence-electron chi connectivity index (χ2n) is 9.52. The van der Waals surface area contributed by atoms with Crippen molar-refractivity contribution in [1.29, 1.82) is 0 Å². The molecule has 5 heteroatoms. The summed E-state index contributed by atoms with van der Waals surface area (Å²) in [5.41, 5.74) is -1.94. The van der Waals surface area contributed by atoms with E-state index in [2.05, 4.69) is 0 Å². The van der Waals surface area contributed by atoms with Crippen LogP contribution < -0.4 is 0 Å². The van der Waals surface area contributed by atoms with Crippen molar-refractivity contribution < 1.29 is 24.6 Å². The molecule has 7 atom stereocenters. The fraction of sp³-hybridized carbons (Fsp3) is 0.682. The van der Waals surface area contributed by atoms with Crippen LogP contribution in [0.5, 0.6) is 0 Å². The lowest BCUT2D eigenvalue weighted by molar-refractivity contribution is -0.173. The molecule has 0 radical (unpaired) electrons. The lowest BCUT2D eigenvalue weighted by Crippen LogP contribution is -2.61. The van der Waals surface area contributed by atoms with E-state index >= 15 is 0 Å². The Kier molecular flexibility index (Phi) is 3.97. The molecule has 146 valence electrons. The van der Waals surface area contributed by atoms with Gasteiger partial charge in [-0.25, -0.2) is 0 Å². The molecule has 0 aromatic heterocycles. The maximum absolute atomic E-state index is 13.4. The van der Waals surface area contributed by atoms with E-state index < -0.39 is 28.8 Å². The monoisotopic (exact) mass is 372 g/mol. The normalized spacial score (nSPS) is 48.6. The van der Waals surface area contributed by atoms with Crippen LogP contribution in [0.3, 0.4) is 0 Å². The minimum atomic E-state index is -1.66. The summed E-state index contributed by atoms with van der Waals surface area (Å²) in [4.78, 5) is 37.8. The largest absolute Gasteiger partial charge is 0.388 e. The summed E-state index contributed by atoms with van der Waals surface area (Å²) < 4.78 is 0. The van der Waals surface area contributed by atoms with Gasteiger partial charge >= 0.3 is 0 Å². The smallest absolute Gasteiger partial charge is 0.190 e. The van der Waals surface area contributed by atoms with Gasteiger partial charge in [-0.2, -0.15) is 0 Å². The molecule has 27 heavy (non-hydrogen) atoms. The van der Waals surface area contributed by atoms with Gasteiger partial charge in [-0.3, -0.25) is 14.4 Å². The van der Waals surface area contributed by atoms with Gasteiger partial charge < -0.3 is 10.2 Å². The highest BCUT2D eigenvalue weighted by Crippen LogP contribution is 2.67. The van der Waals surface area contributed by atoms with Gasteiger partial charge in [0.2, 0.25) is 0 Å². The number of aliphatic hydroxyl groups excluding tert-OH is 1. The van der Waals surface area contributed by atoms with Crippen molar-refractivity contribution in [2.75, 3.05) is 6.61 Å². The third-order valence-corrected chi connectivity index (χ3v) is 8.41. The van der Waals surface area contributed by atoms with Crippen LogP contribution >= 0.6 is 0 Å². The van der Waals surface area contributed by atoms with Gasteiger partial charge in [0.25, 0.3) is 0 Å². The van der Waals surface area contributed by atoms with E-state index in [1.807, 2.05) is 26.8 Å². The van der Waals surface area contributed by atoms with Gasteiger partial charge in [-0.1, -0.05) is 32.4 Å². The zero-order chi connectivity index (χ0) is 19.8. The van der Waals surface area contributed by atoms with E-state index in [9.17, 15) is 24.6 Å². The SMILES string of the molecule is C[C@H]1C[C@H]2[C@@H]3CCC4=CC(=O)C=C[C@]4(C)[C@@H]3C(=O)C[C@]2(C)[C@]1(O)C(=O)CO. The lowest BCUT2D eigenvalue weighted by atomic mass is 9.46. The molecule has 0 aromatic rings. The van der Waals surface area contributed by atoms with Crippen LogP contribution in [-0.4, -0.2) is 39.8 Å². The maximum Gasteiger partial charge on any atom is 0.190 e. The molecule has 0 amide bonds. The number of Topliss-reactive ketones (excluding diaryl/α,β-unsaturated/α-hetero) is 2. The summed E-state index contributed by atoms with van der Waals surface area (Å²) in [6.07, 6.45) is 7.49. The van der Waals surface area contributed by atoms with Gasteiger partial charge in [0.1, 0.15) is 18.0 Å². The van der Waals surface area contributed by atoms with Crippen molar-refractivity contribution in [2.24, 2.45) is 34.5 Å². The Bertz CT molecular complexity index is 795. The number of hydrogen-bond donors (Lipinski definition) is 2. The highest BCUT2D eigenvalue weighted by Gasteiger charge is 2.70. The first-order chi connectivity index (χ1) is 12.6. The maximum atomic E-state index is 13.4. The van der Waals surface area contributed by atoms with E-state index in [0.717, 1.165) is 18.4 Å². The number of allylic oxidation sites excluding steroid dienone is 4. The molecule has 0 unspecified atom stereocenters. The fourth-order valence-electron chi connectivity index (χ4n) is 7.08. The first-order valence-electron chi connectivity index (χ1n) is 9.93. The summed E-state index contributed by atoms with van der Waals surface area (Å²) >= 11 is 0. The third kappa shape index (κ3) is 2.16. The highest BCUT2D eigenvalue weighted by molar-refractivity contribution is 6.02. The average Bonchev–Trinajstić information content (AvgIpc) is 2.82. The average molecular weight is 372 g/mol. The fourth-order valence-corrected chi connectivity index (χ4v) is 7.08. The molecular weight excluding hydrogens is 344 g/mol. The molecule has 0 heterocycles. The highest BCUT2D eigenvalue weighted by atomic mass is 16.3. The Hall–Kier alpha value is -1.59. The predicted octanol–water partition coefficient (Wildman–Crippen LogP) is 2.01. The number of hydrogen-bond acceptors (Lipinski definition) is 5. The molecule has 0 aromatic carbocycles. The molecule has 4 aliphatic carbocycles. The minimum Gasteiger partial charge on any atom is -0.388 e. The molecule has 2 N–H and O–H groups in total. The van der Waals surface area contributed by atoms with Crippen LogP contribution in [0.1, 0.15) is 46.5 Å². The lowest BCUT2D eigenvalue weighted by Gasteiger charge is -2.56. The van der Waals surface area contributed by atoms with Crippen molar-refractivity contribution in [2.45, 2.75) is 52.1 Å². The van der Waals surface area contributed by atoms with Gasteiger partial charge in [-0.15, -0.1) is 0 Å². The number of carbonyl (C=O) groups excluding carboxylic acids is 3. The molecule has 5 nitrogen and oxygen atoms in total. The van der Waals surface area contributed by atoms with Crippen molar-refractivity contribution in [1.82, 2.24) is 0 Å². The Morgan fingerprint density at radius 2 is 2.00 bits per heavy atom. The summed E-state index contributed by atoms with van der Waals surface area (Å²) in [6, 6.07) is 0. The second-order valence-corrected chi connectivity index (χ2v) is 9.52. The van der Waals surface area contributed by atoms with Gasteiger partial charge in [0, 0.05) is 23.2 Å². The van der Waals surface area contributed by atoms with E-state index in [1.165, 1.54) is 0 Å². The first-order valence-corrected chi connectivity index (χ1v) is 9.93. The van der Waals surface area contributed by atoms with Crippen LogP contribution in [0.4, 0.5) is 0 Å². The second kappa shape index (κ2) is 5.71. The van der Waals surface area contributed by atoms with Crippen molar-refractivity contribution in [3.8, 4) is 0 Å². The van der Waals surface area contributed by atoms with E-state index in [4.69, 9.17) is 0 Å². The van der Waals surface area contributed by atoms with Crippen LogP contribution in [0.25, 0.3) is 0 Å². The molecular formula is C22H28O5. The third-order valence-electron chi connectivity index (χ3n) is 8.41. The van der Waals surface area contributed by atoms with E-state index in [-0.39, 0.29) is 41.7 Å². The molecule has 0 saturated heterocycles. The van der Waals surface area contributed by atoms with Crippen molar-refractivity contribution in [3.05, 3.63) is 23.8 Å². The molecule has 4 rings (SSSR count). The Balaban J connectivity index is 1.79. The molecule has 0 spiro atoms. The molecule has 0 bridgehead atoms. The van der Waals surface area contributed by atoms with Crippen LogP contribution in [0.2, 0.25) is 0 Å². The van der Waals surface area contributed by atoms with Crippen LogP contribution in [0.15, 0.2) is 23.8 Å². The van der Waals surface area contributed by atoms with Crippen LogP contribution in [-0.2, 0) is 14.4 Å². The van der Waals surface area contributed by atoms with Gasteiger partial charge in [-0.05, 0) is 49.2 Å². The van der Waals surface area contributed by atoms with E-state index in [0.29, 0.717) is 6.42 Å². The predicted molar refractivity (Wildman–Crippen MR) is 98.6 cm³/mol. The van der Waals surface area contributed by atoms with E-state index in [1.54, 1.807) is 12.2 Å². The summed E-state index contributed by atoms with van der Waals surface area (Å²) in [6.45, 7) is 5.05. The zero-order valence-electron chi connectivity index (χ0n) is 16.2. The Morgan fingerprint density at radius 1 is 1.30 bits per heavy atom. The molecule has 3 fully saturated rings. The quantitative estimate of drug-likeness (QED) is 0.774. The molecule has 0 aliphatic heterocycles. The Morgan fingerprint density at radius 3 is 2.67 bits per heavy atom. The number of aliphatic hydroxyl groups is 2. The molecule has 3 saturated carbocycles. The topological polar surface area (TPSA) is 91.7 Å². The number of fused-ring (bicyclic) bond motifs is 5. The molecule has 4 aliphatic rings. The van der Waals surface area contributed by atoms with Crippen molar-refractivity contribution >= 4 is 17.3 Å². The minimum absolute atomic E-state index is 0.0218. The van der Waals surface area contributed by atoms with Gasteiger partial charge in [0.05, 0.1) is 0 Å². The Labute approximate surface area is 159 Å². The number of rotatable bonds is 2. The summed E-state index contributed by atoms with van der Waals surface area (Å²) in [5.74, 6) is -0.947. The summed E-state index contributed by atoms with van der Waals surface area (Å²) in [5, 5.41) is 20.8. The zero-order valence-corrected chi connectivity index (χ0v) is 16.2. The summed E-state index contributed by atoms with van der Waals surface area (Å²) in [7, 11) is 0. The standard InChI is InChI=1S/C22H28O5/c1-12-8-16-15-5-4-13-9-14(24)6-7-20(13,2)19(15)17(25)10-21(16,3)22(12,27)18(26)11-23/h6-7,9,12,15-16,19,23,27H,4-5,8,10-11H2,1-3H3/t12-,15-,16-,19-,20-,21-,22+/m0/s1.